The second-order valence-electron chi connectivity index (χ2n) is 3.60. The van der Waals surface area contributed by atoms with Crippen LogP contribution in [0.3, 0.4) is 0 Å². The number of hydrogen-bond acceptors (Lipinski definition) is 2. The largest absolute Gasteiger partial charge is 0.271 e. The fourth-order valence-corrected chi connectivity index (χ4v) is 1.55. The van der Waals surface area contributed by atoms with Crippen LogP contribution in [0.5, 0.6) is 0 Å². The van der Waals surface area contributed by atoms with Crippen molar-refractivity contribution in [3.8, 4) is 0 Å². The van der Waals surface area contributed by atoms with Gasteiger partial charge in [-0.25, -0.2) is 22.0 Å². The van der Waals surface area contributed by atoms with Gasteiger partial charge in [-0.3, -0.25) is 14.5 Å². The smallest absolute Gasteiger partial charge is 0.267 e. The van der Waals surface area contributed by atoms with Crippen molar-refractivity contribution in [2.24, 2.45) is 0 Å². The molecule has 1 aromatic rings. The summed E-state index contributed by atoms with van der Waals surface area (Å²) in [6, 6.07) is 0. The number of amides is 2. The molecule has 0 unspecified atom stereocenters. The standard InChI is InChI=1S/C11H4F5NO2/c12-6-5(7(13)9(15)10(16)8(6)14)11(19)17-3-1-2-4(17)18/h1-2H,3H2. The van der Waals surface area contributed by atoms with Crippen LogP contribution >= 0.6 is 0 Å². The van der Waals surface area contributed by atoms with E-state index in [1.165, 1.54) is 6.08 Å². The number of hydrogen-bond donors (Lipinski definition) is 0. The van der Waals surface area contributed by atoms with Gasteiger partial charge in [-0.1, -0.05) is 6.08 Å². The molecular weight excluding hydrogens is 273 g/mol. The van der Waals surface area contributed by atoms with Crippen LogP contribution in [0, 0.1) is 29.1 Å². The number of halogens is 5. The number of carbonyl (C=O) groups excluding carboxylic acids is 2. The van der Waals surface area contributed by atoms with Crippen LogP contribution in [0.2, 0.25) is 0 Å². The lowest BCUT2D eigenvalue weighted by Gasteiger charge is -2.15. The average molecular weight is 277 g/mol. The molecule has 0 saturated heterocycles. The number of rotatable bonds is 1. The van der Waals surface area contributed by atoms with Crippen LogP contribution in [-0.2, 0) is 4.79 Å². The highest BCUT2D eigenvalue weighted by atomic mass is 19.2. The molecule has 0 spiro atoms. The Bertz CT molecular complexity index is 597. The number of benzene rings is 1. The van der Waals surface area contributed by atoms with Gasteiger partial charge < -0.3 is 0 Å². The second-order valence-corrected chi connectivity index (χ2v) is 3.60. The van der Waals surface area contributed by atoms with Gasteiger partial charge in [0.1, 0.15) is 5.56 Å². The molecule has 0 bridgehead atoms. The first kappa shape index (κ1) is 13.2. The molecule has 100 valence electrons. The Labute approximate surface area is 102 Å². The van der Waals surface area contributed by atoms with Gasteiger partial charge in [0, 0.05) is 12.6 Å². The SMILES string of the molecule is O=C1C=CCN1C(=O)c1c(F)c(F)c(F)c(F)c1F. The zero-order chi connectivity index (χ0) is 14.3. The Morgan fingerprint density at radius 2 is 1.42 bits per heavy atom. The van der Waals surface area contributed by atoms with E-state index < -0.39 is 46.5 Å². The highest BCUT2D eigenvalue weighted by molar-refractivity contribution is 6.09. The lowest BCUT2D eigenvalue weighted by molar-refractivity contribution is -0.122. The molecule has 3 nitrogen and oxygen atoms in total. The predicted molar refractivity (Wildman–Crippen MR) is 51.4 cm³/mol. The molecule has 8 heteroatoms. The molecule has 0 saturated carbocycles. The van der Waals surface area contributed by atoms with E-state index in [0.29, 0.717) is 4.90 Å². The molecule has 0 radical (unpaired) electrons. The zero-order valence-corrected chi connectivity index (χ0v) is 9.02. The molecule has 0 aromatic heterocycles. The minimum absolute atomic E-state index is 0.294. The van der Waals surface area contributed by atoms with E-state index in [-0.39, 0.29) is 6.54 Å². The lowest BCUT2D eigenvalue weighted by atomic mass is 10.1. The Morgan fingerprint density at radius 1 is 0.947 bits per heavy atom. The van der Waals surface area contributed by atoms with Crippen LogP contribution in [0.15, 0.2) is 12.2 Å². The predicted octanol–water partition coefficient (Wildman–Crippen LogP) is 1.92. The van der Waals surface area contributed by atoms with E-state index in [4.69, 9.17) is 0 Å². The Kier molecular flexibility index (Phi) is 3.09. The Morgan fingerprint density at radius 3 is 1.84 bits per heavy atom. The third kappa shape index (κ3) is 1.88. The molecule has 1 heterocycles. The molecule has 0 N–H and O–H groups in total. The van der Waals surface area contributed by atoms with Crippen LogP contribution in [0.1, 0.15) is 10.4 Å². The summed E-state index contributed by atoms with van der Waals surface area (Å²) in [5.74, 6) is -13.8. The van der Waals surface area contributed by atoms with Crippen molar-refractivity contribution in [1.82, 2.24) is 4.90 Å². The monoisotopic (exact) mass is 277 g/mol. The van der Waals surface area contributed by atoms with Gasteiger partial charge in [-0.15, -0.1) is 0 Å². The van der Waals surface area contributed by atoms with Crippen molar-refractivity contribution < 1.29 is 31.5 Å². The third-order valence-electron chi connectivity index (χ3n) is 2.48. The van der Waals surface area contributed by atoms with E-state index in [1.54, 1.807) is 0 Å². The molecule has 1 aromatic carbocycles. The van der Waals surface area contributed by atoms with Gasteiger partial charge in [-0.05, 0) is 0 Å². The van der Waals surface area contributed by atoms with Crippen molar-refractivity contribution in [2.45, 2.75) is 0 Å². The van der Waals surface area contributed by atoms with Gasteiger partial charge in [-0.2, -0.15) is 0 Å². The molecule has 1 aliphatic heterocycles. The first-order valence-electron chi connectivity index (χ1n) is 4.90. The first-order chi connectivity index (χ1) is 8.86. The summed E-state index contributed by atoms with van der Waals surface area (Å²) in [4.78, 5) is 23.2. The van der Waals surface area contributed by atoms with E-state index in [1.807, 2.05) is 0 Å². The number of carbonyl (C=O) groups is 2. The van der Waals surface area contributed by atoms with Gasteiger partial charge in [0.05, 0.1) is 0 Å². The van der Waals surface area contributed by atoms with Gasteiger partial charge in [0.15, 0.2) is 23.3 Å². The topological polar surface area (TPSA) is 37.4 Å². The van der Waals surface area contributed by atoms with Gasteiger partial charge in [0.25, 0.3) is 11.8 Å². The molecule has 1 aliphatic rings. The summed E-state index contributed by atoms with van der Waals surface area (Å²) >= 11 is 0. The van der Waals surface area contributed by atoms with Crippen molar-refractivity contribution in [3.63, 3.8) is 0 Å². The maximum atomic E-state index is 13.3. The van der Waals surface area contributed by atoms with Crippen LogP contribution in [0.4, 0.5) is 22.0 Å². The molecular formula is C11H4F5NO2. The third-order valence-corrected chi connectivity index (χ3v) is 2.48. The number of nitrogens with zero attached hydrogens (tertiary/aromatic N) is 1. The summed E-state index contributed by atoms with van der Waals surface area (Å²) in [6.45, 7) is -0.294. The summed E-state index contributed by atoms with van der Waals surface area (Å²) in [5, 5.41) is 0. The maximum absolute atomic E-state index is 13.3. The van der Waals surface area contributed by atoms with Crippen molar-refractivity contribution in [3.05, 3.63) is 46.8 Å². The van der Waals surface area contributed by atoms with Crippen LogP contribution in [0.25, 0.3) is 0 Å². The van der Waals surface area contributed by atoms with Gasteiger partial charge in [0.2, 0.25) is 5.82 Å². The van der Waals surface area contributed by atoms with Gasteiger partial charge >= 0.3 is 0 Å². The minimum Gasteiger partial charge on any atom is -0.271 e. The zero-order valence-electron chi connectivity index (χ0n) is 9.02. The molecule has 2 amide bonds. The Balaban J connectivity index is 2.57. The molecule has 0 atom stereocenters. The second kappa shape index (κ2) is 4.45. The number of imide groups is 1. The van der Waals surface area contributed by atoms with Crippen molar-refractivity contribution in [1.29, 1.82) is 0 Å². The first-order valence-corrected chi connectivity index (χ1v) is 4.90. The fraction of sp³-hybridized carbons (Fsp3) is 0.0909. The molecule has 2 rings (SSSR count). The van der Waals surface area contributed by atoms with E-state index in [9.17, 15) is 31.5 Å². The molecule has 0 fully saturated rings. The average Bonchev–Trinajstić information content (AvgIpc) is 2.80. The normalized spacial score (nSPS) is 14.4. The van der Waals surface area contributed by atoms with Crippen LogP contribution in [-0.4, -0.2) is 23.3 Å². The maximum Gasteiger partial charge on any atom is 0.267 e. The molecule has 0 aliphatic carbocycles. The summed E-state index contributed by atoms with van der Waals surface area (Å²) in [6.07, 6.45) is 2.16. The van der Waals surface area contributed by atoms with E-state index in [2.05, 4.69) is 0 Å². The highest BCUT2D eigenvalue weighted by Gasteiger charge is 2.34. The summed E-state index contributed by atoms with van der Waals surface area (Å²) in [7, 11) is 0. The quantitative estimate of drug-likeness (QED) is 0.340. The Hall–Kier alpha value is -2.25. The highest BCUT2D eigenvalue weighted by Crippen LogP contribution is 2.24. The van der Waals surface area contributed by atoms with Crippen LogP contribution < -0.4 is 0 Å². The summed E-state index contributed by atoms with van der Waals surface area (Å²) < 4.78 is 65.3. The minimum atomic E-state index is -2.36. The van der Waals surface area contributed by atoms with E-state index >= 15 is 0 Å². The molecule has 19 heavy (non-hydrogen) atoms. The van der Waals surface area contributed by atoms with Crippen molar-refractivity contribution in [2.75, 3.05) is 6.54 Å². The summed E-state index contributed by atoms with van der Waals surface area (Å²) in [5.41, 5.74) is -1.64. The van der Waals surface area contributed by atoms with Crippen molar-refractivity contribution >= 4 is 11.8 Å². The lowest BCUT2D eigenvalue weighted by Crippen LogP contribution is -2.34. The fourth-order valence-electron chi connectivity index (χ4n) is 1.55. The van der Waals surface area contributed by atoms with E-state index in [0.717, 1.165) is 6.08 Å².